The lowest BCUT2D eigenvalue weighted by Crippen LogP contribution is -2.56. The van der Waals surface area contributed by atoms with Crippen LogP contribution in [0.4, 0.5) is 0 Å². The minimum absolute atomic E-state index is 0.331. The molecular formula is C15H24N4. The Morgan fingerprint density at radius 2 is 2.26 bits per heavy atom. The van der Waals surface area contributed by atoms with Gasteiger partial charge < -0.3 is 5.73 Å². The molecule has 0 bridgehead atoms. The summed E-state index contributed by atoms with van der Waals surface area (Å²) in [5, 5.41) is 0. The van der Waals surface area contributed by atoms with E-state index in [-0.39, 0.29) is 0 Å². The summed E-state index contributed by atoms with van der Waals surface area (Å²) in [6, 6.07) is 5.23. The SMILES string of the molecule is NCC(c1cccnc1)N1CCN2CCCCC2C1. The highest BCUT2D eigenvalue weighted by atomic mass is 15.3. The normalized spacial score (nSPS) is 26.9. The van der Waals surface area contributed by atoms with Crippen molar-refractivity contribution < 1.29 is 0 Å². The van der Waals surface area contributed by atoms with E-state index < -0.39 is 0 Å². The zero-order valence-electron chi connectivity index (χ0n) is 11.5. The molecule has 2 saturated heterocycles. The number of rotatable bonds is 3. The minimum Gasteiger partial charge on any atom is -0.329 e. The molecule has 4 nitrogen and oxygen atoms in total. The fourth-order valence-electron chi connectivity index (χ4n) is 3.53. The Morgan fingerprint density at radius 3 is 3.05 bits per heavy atom. The topological polar surface area (TPSA) is 45.4 Å². The van der Waals surface area contributed by atoms with Crippen LogP contribution in [0.2, 0.25) is 0 Å². The van der Waals surface area contributed by atoms with Crippen LogP contribution in [-0.2, 0) is 0 Å². The van der Waals surface area contributed by atoms with E-state index in [9.17, 15) is 0 Å². The number of hydrogen-bond donors (Lipinski definition) is 1. The molecule has 3 rings (SSSR count). The molecule has 2 N–H and O–H groups in total. The molecule has 0 spiro atoms. The second-order valence-electron chi connectivity index (χ2n) is 5.72. The fourth-order valence-corrected chi connectivity index (χ4v) is 3.53. The first-order valence-electron chi connectivity index (χ1n) is 7.46. The molecule has 104 valence electrons. The summed E-state index contributed by atoms with van der Waals surface area (Å²) in [7, 11) is 0. The molecule has 0 amide bonds. The predicted molar refractivity (Wildman–Crippen MR) is 76.8 cm³/mol. The molecule has 4 heteroatoms. The van der Waals surface area contributed by atoms with Crippen molar-refractivity contribution in [1.29, 1.82) is 0 Å². The molecule has 2 aliphatic heterocycles. The van der Waals surface area contributed by atoms with E-state index in [2.05, 4.69) is 20.9 Å². The van der Waals surface area contributed by atoms with Gasteiger partial charge in [-0.15, -0.1) is 0 Å². The van der Waals surface area contributed by atoms with Gasteiger partial charge in [-0.3, -0.25) is 14.8 Å². The van der Waals surface area contributed by atoms with Gasteiger partial charge in [0.05, 0.1) is 0 Å². The van der Waals surface area contributed by atoms with Gasteiger partial charge in [-0.25, -0.2) is 0 Å². The maximum absolute atomic E-state index is 6.02. The Labute approximate surface area is 115 Å². The van der Waals surface area contributed by atoms with Crippen LogP contribution in [0.3, 0.4) is 0 Å². The Balaban J connectivity index is 1.70. The largest absolute Gasteiger partial charge is 0.329 e. The zero-order valence-corrected chi connectivity index (χ0v) is 11.5. The van der Waals surface area contributed by atoms with Gasteiger partial charge in [0.15, 0.2) is 0 Å². The Bertz CT molecular complexity index is 394. The predicted octanol–water partition coefficient (Wildman–Crippen LogP) is 1.25. The van der Waals surface area contributed by atoms with E-state index in [0.717, 1.165) is 19.1 Å². The molecule has 2 unspecified atom stereocenters. The molecule has 2 atom stereocenters. The molecule has 0 radical (unpaired) electrons. The third-order valence-electron chi connectivity index (χ3n) is 4.60. The van der Waals surface area contributed by atoms with Crippen LogP contribution in [-0.4, -0.2) is 53.5 Å². The van der Waals surface area contributed by atoms with E-state index in [0.29, 0.717) is 12.6 Å². The molecule has 1 aromatic rings. The second-order valence-corrected chi connectivity index (χ2v) is 5.72. The smallest absolute Gasteiger partial charge is 0.0486 e. The first-order valence-corrected chi connectivity index (χ1v) is 7.46. The van der Waals surface area contributed by atoms with Gasteiger partial charge in [-0.05, 0) is 31.0 Å². The van der Waals surface area contributed by atoms with Gasteiger partial charge in [0.2, 0.25) is 0 Å². The standard InChI is InChI=1S/C15H24N4/c16-10-15(13-4-3-6-17-11-13)19-9-8-18-7-2-1-5-14(18)12-19/h3-4,6,11,14-15H,1-2,5,7-10,12,16H2. The minimum atomic E-state index is 0.331. The van der Waals surface area contributed by atoms with Crippen molar-refractivity contribution in [3.8, 4) is 0 Å². The van der Waals surface area contributed by atoms with Gasteiger partial charge in [0.1, 0.15) is 0 Å². The average molecular weight is 260 g/mol. The lowest BCUT2D eigenvalue weighted by Gasteiger charge is -2.46. The van der Waals surface area contributed by atoms with Crippen molar-refractivity contribution in [3.63, 3.8) is 0 Å². The highest BCUT2D eigenvalue weighted by Crippen LogP contribution is 2.26. The lowest BCUT2D eigenvalue weighted by molar-refractivity contribution is 0.0285. The Kier molecular flexibility index (Phi) is 4.11. The molecular weight excluding hydrogens is 236 g/mol. The van der Waals surface area contributed by atoms with Crippen molar-refractivity contribution in [2.24, 2.45) is 5.73 Å². The van der Waals surface area contributed by atoms with Crippen molar-refractivity contribution in [1.82, 2.24) is 14.8 Å². The van der Waals surface area contributed by atoms with Crippen molar-refractivity contribution >= 4 is 0 Å². The summed E-state index contributed by atoms with van der Waals surface area (Å²) in [6.07, 6.45) is 7.90. The third kappa shape index (κ3) is 2.81. The number of nitrogens with zero attached hydrogens (tertiary/aromatic N) is 3. The first kappa shape index (κ1) is 13.0. The van der Waals surface area contributed by atoms with Gasteiger partial charge in [0.25, 0.3) is 0 Å². The number of fused-ring (bicyclic) bond motifs is 1. The molecule has 19 heavy (non-hydrogen) atoms. The molecule has 0 aliphatic carbocycles. The third-order valence-corrected chi connectivity index (χ3v) is 4.60. The van der Waals surface area contributed by atoms with E-state index in [1.54, 1.807) is 0 Å². The van der Waals surface area contributed by atoms with Gasteiger partial charge >= 0.3 is 0 Å². The molecule has 2 fully saturated rings. The quantitative estimate of drug-likeness (QED) is 0.888. The van der Waals surface area contributed by atoms with Gasteiger partial charge in [-0.2, -0.15) is 0 Å². The van der Waals surface area contributed by atoms with E-state index in [1.807, 2.05) is 18.5 Å². The Hall–Kier alpha value is -0.970. The van der Waals surface area contributed by atoms with E-state index in [4.69, 9.17) is 5.73 Å². The number of hydrogen-bond acceptors (Lipinski definition) is 4. The van der Waals surface area contributed by atoms with Crippen LogP contribution in [0.1, 0.15) is 30.9 Å². The average Bonchev–Trinajstić information content (AvgIpc) is 2.49. The molecule has 3 heterocycles. The zero-order chi connectivity index (χ0) is 13.1. The summed E-state index contributed by atoms with van der Waals surface area (Å²) in [4.78, 5) is 9.46. The maximum atomic E-state index is 6.02. The van der Waals surface area contributed by atoms with Crippen LogP contribution >= 0.6 is 0 Å². The summed E-state index contributed by atoms with van der Waals surface area (Å²) in [5.74, 6) is 0. The van der Waals surface area contributed by atoms with Crippen LogP contribution in [0, 0.1) is 0 Å². The van der Waals surface area contributed by atoms with E-state index >= 15 is 0 Å². The van der Waals surface area contributed by atoms with Crippen LogP contribution < -0.4 is 5.73 Å². The summed E-state index contributed by atoms with van der Waals surface area (Å²) < 4.78 is 0. The highest BCUT2D eigenvalue weighted by molar-refractivity contribution is 5.15. The van der Waals surface area contributed by atoms with Crippen LogP contribution in [0.15, 0.2) is 24.5 Å². The number of aromatic nitrogens is 1. The number of piperazine rings is 1. The van der Waals surface area contributed by atoms with Crippen molar-refractivity contribution in [3.05, 3.63) is 30.1 Å². The lowest BCUT2D eigenvalue weighted by atomic mass is 9.97. The monoisotopic (exact) mass is 260 g/mol. The van der Waals surface area contributed by atoms with Crippen LogP contribution in [0.25, 0.3) is 0 Å². The summed E-state index contributed by atoms with van der Waals surface area (Å²) in [6.45, 7) is 5.46. The van der Waals surface area contributed by atoms with Crippen molar-refractivity contribution in [2.45, 2.75) is 31.3 Å². The van der Waals surface area contributed by atoms with E-state index in [1.165, 1.54) is 37.9 Å². The highest BCUT2D eigenvalue weighted by Gasteiger charge is 2.32. The fraction of sp³-hybridized carbons (Fsp3) is 0.667. The number of pyridine rings is 1. The van der Waals surface area contributed by atoms with Crippen LogP contribution in [0.5, 0.6) is 0 Å². The molecule has 0 saturated carbocycles. The first-order chi connectivity index (χ1) is 9.38. The number of piperidine rings is 1. The molecule has 1 aromatic heterocycles. The summed E-state index contributed by atoms with van der Waals surface area (Å²) in [5.41, 5.74) is 7.28. The van der Waals surface area contributed by atoms with Gasteiger partial charge in [0, 0.05) is 50.7 Å². The van der Waals surface area contributed by atoms with Gasteiger partial charge in [-0.1, -0.05) is 12.5 Å². The molecule has 0 aromatic carbocycles. The second kappa shape index (κ2) is 5.99. The summed E-state index contributed by atoms with van der Waals surface area (Å²) >= 11 is 0. The number of nitrogens with two attached hydrogens (primary N) is 1. The molecule has 2 aliphatic rings. The van der Waals surface area contributed by atoms with Crippen molar-refractivity contribution in [2.75, 3.05) is 32.7 Å². The maximum Gasteiger partial charge on any atom is 0.0486 e. The Morgan fingerprint density at radius 1 is 1.32 bits per heavy atom.